The lowest BCUT2D eigenvalue weighted by Crippen LogP contribution is -2.53. The summed E-state index contributed by atoms with van der Waals surface area (Å²) in [5.74, 6) is -0.00512. The van der Waals surface area contributed by atoms with E-state index in [4.69, 9.17) is 9.47 Å². The lowest BCUT2D eigenvalue weighted by atomic mass is 10.1. The third-order valence-electron chi connectivity index (χ3n) is 5.92. The van der Waals surface area contributed by atoms with Crippen LogP contribution in [0.4, 0.5) is 5.69 Å². The highest BCUT2D eigenvalue weighted by molar-refractivity contribution is 7.92. The van der Waals surface area contributed by atoms with Gasteiger partial charge in [-0.1, -0.05) is 44.2 Å². The van der Waals surface area contributed by atoms with Gasteiger partial charge in [0.15, 0.2) is 11.5 Å². The Morgan fingerprint density at radius 2 is 1.61 bits per heavy atom. The molecule has 0 saturated heterocycles. The molecule has 2 atom stereocenters. The number of benzene rings is 2. The van der Waals surface area contributed by atoms with Gasteiger partial charge in [-0.2, -0.15) is 0 Å². The summed E-state index contributed by atoms with van der Waals surface area (Å²) >= 11 is 0. The quantitative estimate of drug-likeness (QED) is 0.436. The number of hydrogen-bond acceptors (Lipinski definition) is 6. The summed E-state index contributed by atoms with van der Waals surface area (Å²) in [5.41, 5.74) is 1.08. The van der Waals surface area contributed by atoms with Crippen LogP contribution in [0.3, 0.4) is 0 Å². The van der Waals surface area contributed by atoms with Crippen LogP contribution >= 0.6 is 0 Å². The zero-order valence-corrected chi connectivity index (χ0v) is 22.7. The third kappa shape index (κ3) is 7.61. The summed E-state index contributed by atoms with van der Waals surface area (Å²) in [6.45, 7) is 5.38. The first-order valence-corrected chi connectivity index (χ1v) is 13.7. The summed E-state index contributed by atoms with van der Waals surface area (Å²) < 4.78 is 37.1. The molecule has 10 heteroatoms. The van der Waals surface area contributed by atoms with Gasteiger partial charge in [0.1, 0.15) is 12.6 Å². The molecule has 198 valence electrons. The zero-order chi connectivity index (χ0) is 26.9. The van der Waals surface area contributed by atoms with Crippen molar-refractivity contribution in [1.82, 2.24) is 10.2 Å². The normalized spacial score (nSPS) is 12.8. The number of hydrogen-bond donors (Lipinski definition) is 1. The Balaban J connectivity index is 2.46. The number of nitrogens with one attached hydrogen (secondary N) is 1. The number of ether oxygens (including phenoxy) is 2. The lowest BCUT2D eigenvalue weighted by Gasteiger charge is -2.33. The van der Waals surface area contributed by atoms with Crippen molar-refractivity contribution in [2.45, 2.75) is 52.2 Å². The summed E-state index contributed by atoms with van der Waals surface area (Å²) in [7, 11) is -0.927. The number of carbonyl (C=O) groups is 2. The highest BCUT2D eigenvalue weighted by Crippen LogP contribution is 2.32. The summed E-state index contributed by atoms with van der Waals surface area (Å²) in [6.07, 6.45) is 2.15. The van der Waals surface area contributed by atoms with Crippen LogP contribution in [0.1, 0.15) is 39.2 Å². The molecule has 2 unspecified atom stereocenters. The Bertz CT molecular complexity index is 1120. The van der Waals surface area contributed by atoms with Crippen molar-refractivity contribution in [1.29, 1.82) is 0 Å². The van der Waals surface area contributed by atoms with E-state index < -0.39 is 28.5 Å². The first kappa shape index (κ1) is 29.0. The van der Waals surface area contributed by atoms with Gasteiger partial charge in [-0.05, 0) is 37.5 Å². The van der Waals surface area contributed by atoms with Gasteiger partial charge in [-0.25, -0.2) is 8.42 Å². The van der Waals surface area contributed by atoms with E-state index in [-0.39, 0.29) is 24.2 Å². The number of rotatable bonds is 13. The molecular formula is C26H37N3O6S. The molecule has 0 spiro atoms. The van der Waals surface area contributed by atoms with E-state index in [1.165, 1.54) is 25.2 Å². The predicted octanol–water partition coefficient (Wildman–Crippen LogP) is 3.19. The molecule has 0 bridgehead atoms. The molecule has 1 N–H and O–H groups in total. The van der Waals surface area contributed by atoms with Crippen LogP contribution in [0.5, 0.6) is 11.5 Å². The second-order valence-electron chi connectivity index (χ2n) is 8.56. The fourth-order valence-electron chi connectivity index (χ4n) is 3.73. The molecule has 2 rings (SSSR count). The lowest BCUT2D eigenvalue weighted by molar-refractivity contribution is -0.140. The number of anilines is 1. The first-order chi connectivity index (χ1) is 17.0. The molecule has 2 aromatic rings. The monoisotopic (exact) mass is 519 g/mol. The Morgan fingerprint density at radius 1 is 0.972 bits per heavy atom. The number of carbonyl (C=O) groups excluding carboxylic acids is 2. The molecule has 0 saturated carbocycles. The molecule has 2 aromatic carbocycles. The minimum atomic E-state index is -3.85. The minimum Gasteiger partial charge on any atom is -0.493 e. The molecule has 2 amide bonds. The van der Waals surface area contributed by atoms with Gasteiger partial charge in [0.2, 0.25) is 21.8 Å². The highest BCUT2D eigenvalue weighted by Gasteiger charge is 2.32. The van der Waals surface area contributed by atoms with Crippen molar-refractivity contribution in [2.75, 3.05) is 31.3 Å². The van der Waals surface area contributed by atoms with Gasteiger partial charge in [-0.3, -0.25) is 13.9 Å². The van der Waals surface area contributed by atoms with Crippen LogP contribution in [-0.2, 0) is 26.2 Å². The van der Waals surface area contributed by atoms with Crippen LogP contribution in [0.2, 0.25) is 0 Å². The highest BCUT2D eigenvalue weighted by atomic mass is 32.2. The van der Waals surface area contributed by atoms with Gasteiger partial charge in [0.05, 0.1) is 26.2 Å². The van der Waals surface area contributed by atoms with E-state index in [1.807, 2.05) is 51.1 Å². The van der Waals surface area contributed by atoms with Gasteiger partial charge in [0, 0.05) is 18.7 Å². The van der Waals surface area contributed by atoms with Gasteiger partial charge in [0.25, 0.3) is 0 Å². The fraction of sp³-hybridized carbons (Fsp3) is 0.462. The van der Waals surface area contributed by atoms with E-state index in [0.29, 0.717) is 17.9 Å². The van der Waals surface area contributed by atoms with Gasteiger partial charge in [-0.15, -0.1) is 0 Å². The summed E-state index contributed by atoms with van der Waals surface area (Å²) in [5, 5.41) is 2.95. The molecule has 0 aromatic heterocycles. The molecule has 36 heavy (non-hydrogen) atoms. The maximum Gasteiger partial charge on any atom is 0.244 e. The number of amides is 2. The number of nitrogens with zero attached hydrogens (tertiary/aromatic N) is 2. The van der Waals surface area contributed by atoms with E-state index in [9.17, 15) is 18.0 Å². The number of methoxy groups -OCH3 is 2. The SMILES string of the molecule is CCC(C)NC(=O)C(CC)N(Cc1ccccc1)C(=O)CN(c1ccc(OC)c(OC)c1)S(C)(=O)=O. The standard InChI is InChI=1S/C26H37N3O6S/c1-7-19(3)27-26(31)22(8-2)28(17-20-12-10-9-11-13-20)25(30)18-29(36(6,32)33)21-14-15-23(34-4)24(16-21)35-5/h9-16,19,22H,7-8,17-18H2,1-6H3,(H,27,31). The van der Waals surface area contributed by atoms with Crippen molar-refractivity contribution in [3.05, 3.63) is 54.1 Å². The van der Waals surface area contributed by atoms with Gasteiger partial charge >= 0.3 is 0 Å². The van der Waals surface area contributed by atoms with Crippen LogP contribution in [0, 0.1) is 0 Å². The van der Waals surface area contributed by atoms with Crippen molar-refractivity contribution in [3.63, 3.8) is 0 Å². The second-order valence-corrected chi connectivity index (χ2v) is 10.5. The van der Waals surface area contributed by atoms with Crippen LogP contribution in [0.15, 0.2) is 48.5 Å². The van der Waals surface area contributed by atoms with Gasteiger partial charge < -0.3 is 19.7 Å². The molecule has 0 heterocycles. The molecular weight excluding hydrogens is 482 g/mol. The van der Waals surface area contributed by atoms with Crippen molar-refractivity contribution >= 4 is 27.5 Å². The van der Waals surface area contributed by atoms with Crippen molar-refractivity contribution in [3.8, 4) is 11.5 Å². The summed E-state index contributed by atoms with van der Waals surface area (Å²) in [6, 6.07) is 13.1. The zero-order valence-electron chi connectivity index (χ0n) is 21.9. The largest absolute Gasteiger partial charge is 0.493 e. The van der Waals surface area contributed by atoms with Crippen LogP contribution < -0.4 is 19.1 Å². The Labute approximate surface area is 214 Å². The maximum atomic E-state index is 13.7. The first-order valence-electron chi connectivity index (χ1n) is 11.9. The third-order valence-corrected chi connectivity index (χ3v) is 7.06. The minimum absolute atomic E-state index is 0.0560. The van der Waals surface area contributed by atoms with E-state index in [1.54, 1.807) is 12.1 Å². The molecule has 9 nitrogen and oxygen atoms in total. The Hall–Kier alpha value is -3.27. The molecule has 0 aliphatic carbocycles. The van der Waals surface area contributed by atoms with E-state index >= 15 is 0 Å². The number of sulfonamides is 1. The topological polar surface area (TPSA) is 105 Å². The molecule has 0 aliphatic heterocycles. The fourth-order valence-corrected chi connectivity index (χ4v) is 4.58. The maximum absolute atomic E-state index is 13.7. The second kappa shape index (κ2) is 13.2. The van der Waals surface area contributed by atoms with E-state index in [2.05, 4.69) is 5.32 Å². The Morgan fingerprint density at radius 3 is 2.14 bits per heavy atom. The van der Waals surface area contributed by atoms with Crippen LogP contribution in [-0.4, -0.2) is 64.2 Å². The van der Waals surface area contributed by atoms with Crippen molar-refractivity contribution in [2.24, 2.45) is 0 Å². The molecule has 0 fully saturated rings. The average Bonchev–Trinajstić information content (AvgIpc) is 2.86. The Kier molecular flexibility index (Phi) is 10.6. The molecule has 0 radical (unpaired) electrons. The van der Waals surface area contributed by atoms with Crippen LogP contribution in [0.25, 0.3) is 0 Å². The van der Waals surface area contributed by atoms with E-state index in [0.717, 1.165) is 22.5 Å². The smallest absolute Gasteiger partial charge is 0.244 e. The summed E-state index contributed by atoms with van der Waals surface area (Å²) in [4.78, 5) is 28.3. The van der Waals surface area contributed by atoms with Crippen molar-refractivity contribution < 1.29 is 27.5 Å². The predicted molar refractivity (Wildman–Crippen MR) is 141 cm³/mol. The average molecular weight is 520 g/mol. The molecule has 0 aliphatic rings.